The van der Waals surface area contributed by atoms with E-state index in [-0.39, 0.29) is 6.61 Å². The quantitative estimate of drug-likeness (QED) is 0.697. The van der Waals surface area contributed by atoms with Crippen molar-refractivity contribution in [3.05, 3.63) is 11.7 Å². The van der Waals surface area contributed by atoms with Crippen LogP contribution in [-0.2, 0) is 21.7 Å². The zero-order valence-electron chi connectivity index (χ0n) is 10.0. The fourth-order valence-corrected chi connectivity index (χ4v) is 1.23. The number of rotatable bonds is 7. The van der Waals surface area contributed by atoms with Crippen LogP contribution in [0.1, 0.15) is 32.5 Å². The highest BCUT2D eigenvalue weighted by atomic mass is 16.5. The Morgan fingerprint density at radius 3 is 2.81 bits per heavy atom. The van der Waals surface area contributed by atoms with E-state index in [2.05, 4.69) is 10.1 Å². The first-order valence-electron chi connectivity index (χ1n) is 5.35. The molecule has 0 fully saturated rings. The molecule has 0 saturated carbocycles. The molecular weight excluding hydrogens is 210 g/mol. The van der Waals surface area contributed by atoms with Crippen LogP contribution in [0.2, 0.25) is 0 Å². The van der Waals surface area contributed by atoms with Crippen LogP contribution in [0.15, 0.2) is 4.52 Å². The monoisotopic (exact) mass is 229 g/mol. The molecule has 1 aromatic rings. The van der Waals surface area contributed by atoms with Crippen molar-refractivity contribution in [2.45, 2.75) is 33.0 Å². The molecule has 2 N–H and O–H groups in total. The van der Waals surface area contributed by atoms with E-state index < -0.39 is 5.60 Å². The lowest BCUT2D eigenvalue weighted by molar-refractivity contribution is -0.0221. The van der Waals surface area contributed by atoms with Crippen molar-refractivity contribution in [2.75, 3.05) is 19.8 Å². The van der Waals surface area contributed by atoms with Gasteiger partial charge in [-0.15, -0.1) is 0 Å². The zero-order chi connectivity index (χ0) is 12.0. The maximum Gasteiger partial charge on any atom is 0.252 e. The first-order valence-corrected chi connectivity index (χ1v) is 5.35. The Morgan fingerprint density at radius 1 is 1.44 bits per heavy atom. The Labute approximate surface area is 95.1 Å². The molecule has 0 aliphatic rings. The molecule has 0 atom stereocenters. The number of hydrogen-bond acceptors (Lipinski definition) is 6. The van der Waals surface area contributed by atoms with Crippen molar-refractivity contribution in [3.8, 4) is 0 Å². The van der Waals surface area contributed by atoms with Crippen LogP contribution in [0.25, 0.3) is 0 Å². The van der Waals surface area contributed by atoms with E-state index in [9.17, 15) is 0 Å². The van der Waals surface area contributed by atoms with Crippen LogP contribution in [0.5, 0.6) is 0 Å². The normalized spacial score (nSPS) is 12.0. The predicted molar refractivity (Wildman–Crippen MR) is 57.7 cm³/mol. The smallest absolute Gasteiger partial charge is 0.252 e. The first kappa shape index (κ1) is 13.1. The van der Waals surface area contributed by atoms with Gasteiger partial charge >= 0.3 is 0 Å². The van der Waals surface area contributed by atoms with Crippen molar-refractivity contribution in [1.29, 1.82) is 0 Å². The van der Waals surface area contributed by atoms with Crippen molar-refractivity contribution >= 4 is 0 Å². The van der Waals surface area contributed by atoms with Crippen LogP contribution >= 0.6 is 0 Å². The van der Waals surface area contributed by atoms with E-state index in [0.29, 0.717) is 31.5 Å². The lowest BCUT2D eigenvalue weighted by Crippen LogP contribution is -2.23. The van der Waals surface area contributed by atoms with Crippen molar-refractivity contribution in [1.82, 2.24) is 10.1 Å². The summed E-state index contributed by atoms with van der Waals surface area (Å²) in [7, 11) is 0. The van der Waals surface area contributed by atoms with Gasteiger partial charge < -0.3 is 19.7 Å². The molecule has 6 nitrogen and oxygen atoms in total. The highest BCUT2D eigenvalue weighted by molar-refractivity contribution is 4.96. The maximum absolute atomic E-state index is 5.51. The molecule has 1 rings (SSSR count). The van der Waals surface area contributed by atoms with Crippen molar-refractivity contribution < 1.29 is 14.0 Å². The molecular formula is C10H19N3O3. The fourth-order valence-electron chi connectivity index (χ4n) is 1.23. The molecule has 1 heterocycles. The molecule has 0 bridgehead atoms. The summed E-state index contributed by atoms with van der Waals surface area (Å²) in [6.45, 7) is 7.55. The van der Waals surface area contributed by atoms with E-state index in [1.54, 1.807) is 0 Å². The summed E-state index contributed by atoms with van der Waals surface area (Å²) in [6.07, 6.45) is 0. The van der Waals surface area contributed by atoms with Gasteiger partial charge in [-0.1, -0.05) is 5.16 Å². The minimum absolute atomic E-state index is 0.284. The SMILES string of the molecule is CCOC(C)(C)c1noc(COCCN)n1. The van der Waals surface area contributed by atoms with Crippen LogP contribution in [0.4, 0.5) is 0 Å². The van der Waals surface area contributed by atoms with Crippen molar-refractivity contribution in [2.24, 2.45) is 5.73 Å². The molecule has 16 heavy (non-hydrogen) atoms. The van der Waals surface area contributed by atoms with Gasteiger partial charge in [-0.3, -0.25) is 0 Å². The minimum Gasteiger partial charge on any atom is -0.370 e. The number of hydrogen-bond donors (Lipinski definition) is 1. The molecule has 0 spiro atoms. The highest BCUT2D eigenvalue weighted by Crippen LogP contribution is 2.21. The summed E-state index contributed by atoms with van der Waals surface area (Å²) in [5.41, 5.74) is 4.76. The van der Waals surface area contributed by atoms with Gasteiger partial charge in [-0.2, -0.15) is 4.98 Å². The molecule has 0 unspecified atom stereocenters. The maximum atomic E-state index is 5.51. The Balaban J connectivity index is 2.56. The molecule has 0 amide bonds. The fraction of sp³-hybridized carbons (Fsp3) is 0.800. The standard InChI is InChI=1S/C10H19N3O3/c1-4-15-10(2,3)9-12-8(16-13-9)7-14-6-5-11/h4-7,11H2,1-3H3. The summed E-state index contributed by atoms with van der Waals surface area (Å²) in [5, 5.41) is 3.86. The second kappa shape index (κ2) is 5.93. The summed E-state index contributed by atoms with van der Waals surface area (Å²) < 4.78 is 15.7. The lowest BCUT2D eigenvalue weighted by atomic mass is 10.1. The van der Waals surface area contributed by atoms with Crippen LogP contribution in [-0.4, -0.2) is 29.9 Å². The molecule has 0 radical (unpaired) electrons. The minimum atomic E-state index is -0.537. The third-order valence-electron chi connectivity index (χ3n) is 2.00. The van der Waals surface area contributed by atoms with Gasteiger partial charge in [-0.05, 0) is 20.8 Å². The number of nitrogens with two attached hydrogens (primary N) is 1. The average molecular weight is 229 g/mol. The summed E-state index contributed by atoms with van der Waals surface area (Å²) in [5.74, 6) is 0.969. The number of aromatic nitrogens is 2. The van der Waals surface area contributed by atoms with Crippen LogP contribution in [0.3, 0.4) is 0 Å². The van der Waals surface area contributed by atoms with E-state index in [1.165, 1.54) is 0 Å². The molecule has 0 aliphatic heterocycles. The van der Waals surface area contributed by atoms with Crippen molar-refractivity contribution in [3.63, 3.8) is 0 Å². The topological polar surface area (TPSA) is 83.4 Å². The third-order valence-corrected chi connectivity index (χ3v) is 2.00. The Kier molecular flexibility index (Phi) is 4.85. The number of ether oxygens (including phenoxy) is 2. The largest absolute Gasteiger partial charge is 0.370 e. The third kappa shape index (κ3) is 3.55. The Morgan fingerprint density at radius 2 is 2.19 bits per heavy atom. The van der Waals surface area contributed by atoms with Gasteiger partial charge in [0.15, 0.2) is 0 Å². The van der Waals surface area contributed by atoms with Gasteiger partial charge in [0.2, 0.25) is 5.82 Å². The summed E-state index contributed by atoms with van der Waals surface area (Å²) >= 11 is 0. The molecule has 1 aromatic heterocycles. The molecule has 0 aromatic carbocycles. The van der Waals surface area contributed by atoms with E-state index >= 15 is 0 Å². The van der Waals surface area contributed by atoms with Gasteiger partial charge in [0, 0.05) is 13.2 Å². The summed E-state index contributed by atoms with van der Waals surface area (Å²) in [6, 6.07) is 0. The average Bonchev–Trinajstić information content (AvgIpc) is 2.67. The highest BCUT2D eigenvalue weighted by Gasteiger charge is 2.26. The van der Waals surface area contributed by atoms with Gasteiger partial charge in [0.1, 0.15) is 12.2 Å². The number of nitrogens with zero attached hydrogens (tertiary/aromatic N) is 2. The zero-order valence-corrected chi connectivity index (χ0v) is 10.0. The van der Waals surface area contributed by atoms with E-state index in [1.807, 2.05) is 20.8 Å². The van der Waals surface area contributed by atoms with Gasteiger partial charge in [0.25, 0.3) is 5.89 Å². The van der Waals surface area contributed by atoms with Crippen LogP contribution < -0.4 is 5.73 Å². The second-order valence-electron chi connectivity index (χ2n) is 3.80. The Bertz CT molecular complexity index is 312. The molecule has 0 saturated heterocycles. The van der Waals surface area contributed by atoms with Crippen LogP contribution in [0, 0.1) is 0 Å². The van der Waals surface area contributed by atoms with E-state index in [4.69, 9.17) is 19.7 Å². The second-order valence-corrected chi connectivity index (χ2v) is 3.80. The summed E-state index contributed by atoms with van der Waals surface area (Å²) in [4.78, 5) is 4.20. The van der Waals surface area contributed by atoms with Gasteiger partial charge in [-0.25, -0.2) is 0 Å². The lowest BCUT2D eigenvalue weighted by Gasteiger charge is -2.19. The molecule has 92 valence electrons. The Hall–Kier alpha value is -0.980. The molecule has 0 aliphatic carbocycles. The predicted octanol–water partition coefficient (Wildman–Crippen LogP) is 0.816. The van der Waals surface area contributed by atoms with Gasteiger partial charge in [0.05, 0.1) is 6.61 Å². The molecule has 6 heteroatoms. The van der Waals surface area contributed by atoms with E-state index in [0.717, 1.165) is 0 Å². The first-order chi connectivity index (χ1) is 7.60.